The molecule has 0 aliphatic heterocycles. The van der Waals surface area contributed by atoms with E-state index in [2.05, 4.69) is 27.6 Å². The number of hydrogen-bond donors (Lipinski definition) is 0. The normalized spacial score (nSPS) is 20.5. The van der Waals surface area contributed by atoms with Gasteiger partial charge in [0.15, 0.2) is 0 Å². The molecule has 0 radical (unpaired) electrons. The minimum absolute atomic E-state index is 0.0255. The second kappa shape index (κ2) is 5.38. The van der Waals surface area contributed by atoms with Crippen molar-refractivity contribution in [1.82, 2.24) is 0 Å². The lowest BCUT2D eigenvalue weighted by Crippen LogP contribution is -2.04. The average molecular weight is 309 g/mol. The first-order valence-corrected chi connectivity index (χ1v) is 5.20. The predicted molar refractivity (Wildman–Crippen MR) is 63.3 cm³/mol. The van der Waals surface area contributed by atoms with E-state index < -0.39 is 6.43 Å². The Morgan fingerprint density at radius 2 is 2.36 bits per heavy atom. The van der Waals surface area contributed by atoms with Crippen LogP contribution in [-0.2, 0) is 0 Å². The number of hydrogen-bond acceptors (Lipinski definition) is 1. The van der Waals surface area contributed by atoms with Crippen LogP contribution in [0.1, 0.15) is 6.42 Å². The van der Waals surface area contributed by atoms with Gasteiger partial charge < -0.3 is 0 Å². The predicted octanol–water partition coefficient (Wildman–Crippen LogP) is 3.53. The minimum Gasteiger partial charge on any atom is -0.296 e. The molecular formula is C10H10F2IN. The van der Waals surface area contributed by atoms with E-state index in [4.69, 9.17) is 0 Å². The molecule has 0 bridgehead atoms. The van der Waals surface area contributed by atoms with Crippen molar-refractivity contribution in [1.29, 1.82) is 0 Å². The van der Waals surface area contributed by atoms with Gasteiger partial charge in [0.1, 0.15) is 0 Å². The second-order valence-electron chi connectivity index (χ2n) is 2.77. The Labute approximate surface area is 95.4 Å². The Bertz CT molecular complexity index is 327. The van der Waals surface area contributed by atoms with Crippen LogP contribution in [0.2, 0.25) is 0 Å². The molecule has 0 spiro atoms. The van der Waals surface area contributed by atoms with Gasteiger partial charge in [-0.05, 0) is 40.7 Å². The molecule has 14 heavy (non-hydrogen) atoms. The first kappa shape index (κ1) is 11.6. The van der Waals surface area contributed by atoms with Crippen LogP contribution >= 0.6 is 22.6 Å². The van der Waals surface area contributed by atoms with Crippen molar-refractivity contribution in [2.45, 2.75) is 12.8 Å². The number of aliphatic imine (C=N–C) groups is 1. The van der Waals surface area contributed by atoms with E-state index in [1.165, 1.54) is 13.3 Å². The number of nitrogens with zero attached hydrogens (tertiary/aromatic N) is 1. The highest BCUT2D eigenvalue weighted by atomic mass is 127. The summed E-state index contributed by atoms with van der Waals surface area (Å²) in [4.78, 5) is 3.65. The fourth-order valence-corrected chi connectivity index (χ4v) is 1.94. The molecule has 0 aromatic carbocycles. The van der Waals surface area contributed by atoms with Gasteiger partial charge in [-0.1, -0.05) is 12.2 Å². The summed E-state index contributed by atoms with van der Waals surface area (Å²) in [5, 5.41) is 0. The Morgan fingerprint density at radius 3 is 2.86 bits per heavy atom. The molecule has 76 valence electrons. The third kappa shape index (κ3) is 2.73. The van der Waals surface area contributed by atoms with Crippen LogP contribution in [0.15, 0.2) is 37.9 Å². The lowest BCUT2D eigenvalue weighted by atomic mass is 10.0. The fraction of sp³-hybridized carbons (Fsp3) is 0.300. The molecule has 0 unspecified atom stereocenters. The molecule has 0 N–H and O–H groups in total. The number of rotatable bonds is 2. The van der Waals surface area contributed by atoms with Gasteiger partial charge in [0.25, 0.3) is 6.43 Å². The highest BCUT2D eigenvalue weighted by molar-refractivity contribution is 14.1. The van der Waals surface area contributed by atoms with Gasteiger partial charge in [-0.25, -0.2) is 8.78 Å². The Balaban J connectivity index is 3.10. The third-order valence-corrected chi connectivity index (χ3v) is 2.85. The van der Waals surface area contributed by atoms with E-state index in [9.17, 15) is 8.78 Å². The summed E-state index contributed by atoms with van der Waals surface area (Å²) in [6, 6.07) is 0. The topological polar surface area (TPSA) is 12.4 Å². The molecule has 0 saturated heterocycles. The molecule has 0 aromatic heterocycles. The smallest absolute Gasteiger partial charge is 0.265 e. The van der Waals surface area contributed by atoms with Crippen LogP contribution in [0.5, 0.6) is 0 Å². The molecule has 1 nitrogen and oxygen atoms in total. The summed E-state index contributed by atoms with van der Waals surface area (Å²) in [7, 11) is 1.50. The van der Waals surface area contributed by atoms with E-state index in [0.29, 0.717) is 12.0 Å². The monoisotopic (exact) mass is 309 g/mol. The molecule has 1 aliphatic carbocycles. The van der Waals surface area contributed by atoms with Crippen LogP contribution in [0.25, 0.3) is 0 Å². The molecule has 1 rings (SSSR count). The molecule has 0 amide bonds. The summed E-state index contributed by atoms with van der Waals surface area (Å²) >= 11 is 2.06. The highest BCUT2D eigenvalue weighted by Gasteiger charge is 2.16. The summed E-state index contributed by atoms with van der Waals surface area (Å²) in [6.07, 6.45) is 4.90. The van der Waals surface area contributed by atoms with Crippen molar-refractivity contribution in [2.75, 3.05) is 7.05 Å². The zero-order valence-corrected chi connectivity index (χ0v) is 9.83. The second-order valence-corrected chi connectivity index (χ2v) is 3.93. The molecular weight excluding hydrogens is 299 g/mol. The summed E-state index contributed by atoms with van der Waals surface area (Å²) in [5.41, 5.74) is 0.700. The zero-order chi connectivity index (χ0) is 10.6. The van der Waals surface area contributed by atoms with Gasteiger partial charge in [0.05, 0.1) is 0 Å². The van der Waals surface area contributed by atoms with Gasteiger partial charge in [0.2, 0.25) is 0 Å². The Morgan fingerprint density at radius 1 is 1.64 bits per heavy atom. The first-order chi connectivity index (χ1) is 6.66. The minimum atomic E-state index is -2.46. The van der Waals surface area contributed by atoms with Crippen LogP contribution in [0.3, 0.4) is 0 Å². The first-order valence-electron chi connectivity index (χ1n) is 4.13. The van der Waals surface area contributed by atoms with E-state index >= 15 is 0 Å². The summed E-state index contributed by atoms with van der Waals surface area (Å²) in [6.45, 7) is 0. The van der Waals surface area contributed by atoms with Gasteiger partial charge >= 0.3 is 0 Å². The van der Waals surface area contributed by atoms with Gasteiger partial charge in [-0.3, -0.25) is 4.99 Å². The van der Waals surface area contributed by atoms with Crippen molar-refractivity contribution in [3.05, 3.63) is 33.0 Å². The Kier molecular flexibility index (Phi) is 4.44. The quantitative estimate of drug-likeness (QED) is 0.547. The molecule has 0 fully saturated rings. The third-order valence-electron chi connectivity index (χ3n) is 1.84. The van der Waals surface area contributed by atoms with Crippen LogP contribution in [-0.4, -0.2) is 19.7 Å². The molecule has 0 atom stereocenters. The van der Waals surface area contributed by atoms with E-state index in [1.54, 1.807) is 0 Å². The summed E-state index contributed by atoms with van der Waals surface area (Å²) < 4.78 is 26.1. The van der Waals surface area contributed by atoms with E-state index in [0.717, 1.165) is 3.58 Å². The maximum absolute atomic E-state index is 12.6. The molecule has 4 heteroatoms. The zero-order valence-electron chi connectivity index (χ0n) is 7.67. The maximum Gasteiger partial charge on any atom is 0.265 e. The molecule has 0 heterocycles. The Hall–Kier alpha value is -0.520. The van der Waals surface area contributed by atoms with Crippen molar-refractivity contribution in [3.8, 4) is 0 Å². The highest BCUT2D eigenvalue weighted by Crippen LogP contribution is 2.29. The standard InChI is InChI=1S/C10H10F2IN/c1-14-6-8(10(11)12)7-4-2-3-5-9(7)13/h2-3,5-6,10H,4H2,1H3/b8-7-,14-6?. The number of halogens is 3. The lowest BCUT2D eigenvalue weighted by Gasteiger charge is -2.12. The fourth-order valence-electron chi connectivity index (χ4n) is 1.20. The number of alkyl halides is 2. The SMILES string of the molecule is CN=C/C(=C1\CC=CC=C1I)C(F)F. The number of allylic oxidation sites excluding steroid dienone is 6. The maximum atomic E-state index is 12.6. The van der Waals surface area contributed by atoms with Crippen molar-refractivity contribution in [3.63, 3.8) is 0 Å². The van der Waals surface area contributed by atoms with Crippen LogP contribution in [0, 0.1) is 0 Å². The summed E-state index contributed by atoms with van der Waals surface area (Å²) in [5.74, 6) is 0. The van der Waals surface area contributed by atoms with E-state index in [1.807, 2.05) is 18.2 Å². The van der Waals surface area contributed by atoms with Crippen LogP contribution in [0.4, 0.5) is 8.78 Å². The van der Waals surface area contributed by atoms with Crippen molar-refractivity contribution >= 4 is 28.8 Å². The van der Waals surface area contributed by atoms with Crippen molar-refractivity contribution < 1.29 is 8.78 Å². The largest absolute Gasteiger partial charge is 0.296 e. The van der Waals surface area contributed by atoms with Gasteiger partial charge in [-0.2, -0.15) is 0 Å². The van der Waals surface area contributed by atoms with E-state index in [-0.39, 0.29) is 5.57 Å². The molecule has 0 aromatic rings. The van der Waals surface area contributed by atoms with Crippen LogP contribution < -0.4 is 0 Å². The molecule has 1 aliphatic rings. The molecule has 0 saturated carbocycles. The van der Waals surface area contributed by atoms with Gasteiger partial charge in [0, 0.05) is 22.4 Å². The van der Waals surface area contributed by atoms with Gasteiger partial charge in [-0.15, -0.1) is 0 Å². The lowest BCUT2D eigenvalue weighted by molar-refractivity contribution is 0.196. The average Bonchev–Trinajstić information content (AvgIpc) is 2.15. The van der Waals surface area contributed by atoms with Crippen molar-refractivity contribution in [2.24, 2.45) is 4.99 Å².